The number of pyridine rings is 1. The van der Waals surface area contributed by atoms with Crippen LogP contribution in [0.2, 0.25) is 0 Å². The zero-order valence-electron chi connectivity index (χ0n) is 12.9. The van der Waals surface area contributed by atoms with Crippen molar-refractivity contribution in [3.8, 4) is 5.75 Å². The van der Waals surface area contributed by atoms with Gasteiger partial charge in [-0.1, -0.05) is 18.2 Å². The molecule has 1 spiro atoms. The van der Waals surface area contributed by atoms with E-state index in [9.17, 15) is 4.79 Å². The molecule has 5 heteroatoms. The van der Waals surface area contributed by atoms with E-state index in [-0.39, 0.29) is 5.91 Å². The molecule has 0 atom stereocenters. The second-order valence-electron chi connectivity index (χ2n) is 6.18. The molecule has 1 N–H and O–H groups in total. The Morgan fingerprint density at radius 3 is 2.78 bits per heavy atom. The lowest BCUT2D eigenvalue weighted by Gasteiger charge is -2.44. The van der Waals surface area contributed by atoms with Gasteiger partial charge in [-0.15, -0.1) is 0 Å². The maximum absolute atomic E-state index is 12.3. The number of amides is 1. The lowest BCUT2D eigenvalue weighted by atomic mass is 9.96. The molecule has 2 aliphatic rings. The molecule has 1 saturated heterocycles. The van der Waals surface area contributed by atoms with Gasteiger partial charge in [0.2, 0.25) is 0 Å². The van der Waals surface area contributed by atoms with E-state index < -0.39 is 5.72 Å². The van der Waals surface area contributed by atoms with Crippen LogP contribution in [0.4, 0.5) is 0 Å². The molecule has 5 nitrogen and oxygen atoms in total. The molecule has 1 aromatic carbocycles. The maximum atomic E-state index is 12.3. The first-order valence-electron chi connectivity index (χ1n) is 7.96. The third kappa shape index (κ3) is 2.80. The zero-order chi connectivity index (χ0) is 15.7. The molecule has 1 amide bonds. The van der Waals surface area contributed by atoms with Gasteiger partial charge in [-0.3, -0.25) is 14.7 Å². The first-order valence-corrected chi connectivity index (χ1v) is 7.96. The highest BCUT2D eigenvalue weighted by Crippen LogP contribution is 2.33. The summed E-state index contributed by atoms with van der Waals surface area (Å²) in [5, 5.41) is 3.07. The van der Waals surface area contributed by atoms with E-state index in [1.807, 2.05) is 30.5 Å². The van der Waals surface area contributed by atoms with Crippen molar-refractivity contribution in [3.05, 3.63) is 59.9 Å². The number of ether oxygens (including phenoxy) is 1. The Hall–Kier alpha value is -2.40. The van der Waals surface area contributed by atoms with E-state index in [4.69, 9.17) is 4.74 Å². The number of hydrogen-bond donors (Lipinski definition) is 1. The van der Waals surface area contributed by atoms with Gasteiger partial charge >= 0.3 is 0 Å². The summed E-state index contributed by atoms with van der Waals surface area (Å²) >= 11 is 0. The third-order valence-electron chi connectivity index (χ3n) is 4.57. The number of hydrogen-bond acceptors (Lipinski definition) is 4. The van der Waals surface area contributed by atoms with E-state index in [1.165, 1.54) is 5.56 Å². The summed E-state index contributed by atoms with van der Waals surface area (Å²) in [6, 6.07) is 11.5. The fourth-order valence-corrected chi connectivity index (χ4v) is 3.30. The molecular formula is C18H19N3O2. The van der Waals surface area contributed by atoms with Crippen LogP contribution in [0.3, 0.4) is 0 Å². The highest BCUT2D eigenvalue weighted by molar-refractivity contribution is 5.98. The van der Waals surface area contributed by atoms with Gasteiger partial charge in [0.1, 0.15) is 5.75 Å². The number of piperidine rings is 1. The van der Waals surface area contributed by atoms with Gasteiger partial charge in [0.15, 0.2) is 5.72 Å². The molecule has 2 aromatic rings. The van der Waals surface area contributed by atoms with Crippen LogP contribution in [0.1, 0.15) is 28.8 Å². The van der Waals surface area contributed by atoms with Crippen molar-refractivity contribution < 1.29 is 9.53 Å². The molecule has 4 rings (SSSR count). The largest absolute Gasteiger partial charge is 0.467 e. The predicted molar refractivity (Wildman–Crippen MR) is 86.0 cm³/mol. The summed E-state index contributed by atoms with van der Waals surface area (Å²) in [4.78, 5) is 18.9. The molecule has 0 saturated carbocycles. The van der Waals surface area contributed by atoms with Gasteiger partial charge < -0.3 is 10.1 Å². The average molecular weight is 309 g/mol. The second kappa shape index (κ2) is 5.66. The van der Waals surface area contributed by atoms with Crippen LogP contribution in [0.25, 0.3) is 0 Å². The van der Waals surface area contributed by atoms with Crippen LogP contribution < -0.4 is 10.1 Å². The minimum absolute atomic E-state index is 0.0347. The first-order chi connectivity index (χ1) is 11.2. The minimum atomic E-state index is -0.559. The smallest absolute Gasteiger partial charge is 0.258 e. The predicted octanol–water partition coefficient (Wildman–Crippen LogP) is 2.20. The quantitative estimate of drug-likeness (QED) is 0.924. The number of carbonyl (C=O) groups is 1. The summed E-state index contributed by atoms with van der Waals surface area (Å²) in [5.41, 5.74) is 1.27. The Kier molecular flexibility index (Phi) is 3.50. The highest BCUT2D eigenvalue weighted by Gasteiger charge is 2.42. The van der Waals surface area contributed by atoms with Crippen molar-refractivity contribution in [1.82, 2.24) is 15.2 Å². The van der Waals surface area contributed by atoms with Gasteiger partial charge in [0.05, 0.1) is 5.56 Å². The van der Waals surface area contributed by atoms with E-state index >= 15 is 0 Å². The van der Waals surface area contributed by atoms with Gasteiger partial charge in [-0.2, -0.15) is 0 Å². The van der Waals surface area contributed by atoms with Crippen molar-refractivity contribution in [2.45, 2.75) is 25.1 Å². The fraction of sp³-hybridized carbons (Fsp3) is 0.333. The topological polar surface area (TPSA) is 54.5 Å². The summed E-state index contributed by atoms with van der Waals surface area (Å²) in [6.45, 7) is 2.66. The Morgan fingerprint density at radius 1 is 1.17 bits per heavy atom. The molecule has 118 valence electrons. The fourth-order valence-electron chi connectivity index (χ4n) is 3.30. The number of nitrogens with zero attached hydrogens (tertiary/aromatic N) is 2. The first kappa shape index (κ1) is 14.2. The van der Waals surface area contributed by atoms with Crippen LogP contribution >= 0.6 is 0 Å². The number of fused-ring (bicyclic) bond motifs is 1. The Bertz CT molecular complexity index is 709. The van der Waals surface area contributed by atoms with Gasteiger partial charge in [-0.25, -0.2) is 0 Å². The van der Waals surface area contributed by atoms with Crippen molar-refractivity contribution in [2.75, 3.05) is 13.1 Å². The molecule has 23 heavy (non-hydrogen) atoms. The molecular weight excluding hydrogens is 290 g/mol. The van der Waals surface area contributed by atoms with E-state index in [2.05, 4.69) is 21.3 Å². The van der Waals surface area contributed by atoms with Crippen molar-refractivity contribution in [1.29, 1.82) is 0 Å². The van der Waals surface area contributed by atoms with E-state index in [1.54, 1.807) is 12.3 Å². The van der Waals surface area contributed by atoms with Crippen LogP contribution in [0, 0.1) is 0 Å². The number of rotatable bonds is 2. The summed E-state index contributed by atoms with van der Waals surface area (Å²) < 4.78 is 6.16. The van der Waals surface area contributed by atoms with Crippen LogP contribution in [-0.2, 0) is 6.54 Å². The molecule has 0 bridgehead atoms. The lowest BCUT2D eigenvalue weighted by molar-refractivity contribution is -0.0304. The summed E-state index contributed by atoms with van der Waals surface area (Å²) in [5.74, 6) is 0.657. The number of likely N-dealkylation sites (tertiary alicyclic amines) is 1. The van der Waals surface area contributed by atoms with E-state index in [0.717, 1.165) is 32.5 Å². The number of carbonyl (C=O) groups excluding carboxylic acids is 1. The van der Waals surface area contributed by atoms with Gasteiger partial charge in [0, 0.05) is 44.9 Å². The molecule has 0 radical (unpaired) electrons. The van der Waals surface area contributed by atoms with Gasteiger partial charge in [0.25, 0.3) is 5.91 Å². The van der Waals surface area contributed by atoms with Gasteiger partial charge in [-0.05, 0) is 23.8 Å². The SMILES string of the molecule is O=C1NC2(CCN(Cc3cccnc3)CC2)Oc2ccccc21. The normalized spacial score (nSPS) is 19.7. The van der Waals surface area contributed by atoms with Crippen LogP contribution in [0.15, 0.2) is 48.8 Å². The Balaban J connectivity index is 1.44. The average Bonchev–Trinajstić information content (AvgIpc) is 2.58. The van der Waals surface area contributed by atoms with Crippen molar-refractivity contribution >= 4 is 5.91 Å². The zero-order valence-corrected chi connectivity index (χ0v) is 12.9. The molecule has 2 aliphatic heterocycles. The van der Waals surface area contributed by atoms with Crippen molar-refractivity contribution in [3.63, 3.8) is 0 Å². The monoisotopic (exact) mass is 309 g/mol. The number of benzene rings is 1. The second-order valence-corrected chi connectivity index (χ2v) is 6.18. The highest BCUT2D eigenvalue weighted by atomic mass is 16.5. The maximum Gasteiger partial charge on any atom is 0.258 e. The lowest BCUT2D eigenvalue weighted by Crippen LogP contribution is -2.60. The third-order valence-corrected chi connectivity index (χ3v) is 4.57. The molecule has 3 heterocycles. The standard InChI is InChI=1S/C18H19N3O2/c22-17-15-5-1-2-6-16(15)23-18(20-17)7-10-21(11-8-18)13-14-4-3-9-19-12-14/h1-6,9,12H,7-8,10-11,13H2,(H,20,22). The number of nitrogens with one attached hydrogen (secondary N) is 1. The summed E-state index contributed by atoms with van der Waals surface area (Å²) in [6.07, 6.45) is 5.26. The Morgan fingerprint density at radius 2 is 2.00 bits per heavy atom. The van der Waals surface area contributed by atoms with Crippen LogP contribution in [0.5, 0.6) is 5.75 Å². The van der Waals surface area contributed by atoms with Crippen molar-refractivity contribution in [2.24, 2.45) is 0 Å². The molecule has 0 unspecified atom stereocenters. The minimum Gasteiger partial charge on any atom is -0.467 e. The molecule has 1 aromatic heterocycles. The number of para-hydroxylation sites is 1. The molecule has 1 fully saturated rings. The van der Waals surface area contributed by atoms with E-state index in [0.29, 0.717) is 11.3 Å². The number of aromatic nitrogens is 1. The molecule has 0 aliphatic carbocycles. The Labute approximate surface area is 135 Å². The summed E-state index contributed by atoms with van der Waals surface area (Å²) in [7, 11) is 0. The van der Waals surface area contributed by atoms with Crippen LogP contribution in [-0.4, -0.2) is 34.6 Å².